The van der Waals surface area contributed by atoms with Gasteiger partial charge in [0, 0.05) is 17.9 Å². The van der Waals surface area contributed by atoms with Crippen LogP contribution in [0.3, 0.4) is 0 Å². The third kappa shape index (κ3) is 4.06. The molecule has 0 unspecified atom stereocenters. The highest BCUT2D eigenvalue weighted by Gasteiger charge is 2.13. The van der Waals surface area contributed by atoms with E-state index in [9.17, 15) is 5.11 Å². The highest BCUT2D eigenvalue weighted by molar-refractivity contribution is 7.80. The molecule has 0 heterocycles. The molecule has 2 aromatic rings. The van der Waals surface area contributed by atoms with E-state index >= 15 is 0 Å². The van der Waals surface area contributed by atoms with Crippen LogP contribution >= 0.6 is 12.2 Å². The molecule has 0 fully saturated rings. The van der Waals surface area contributed by atoms with Crippen molar-refractivity contribution in [2.45, 2.75) is 19.8 Å². The molecule has 3 nitrogen and oxygen atoms in total. The van der Waals surface area contributed by atoms with E-state index in [4.69, 9.17) is 12.2 Å². The van der Waals surface area contributed by atoms with Gasteiger partial charge in [0.15, 0.2) is 5.11 Å². The Morgan fingerprint density at radius 2 is 1.73 bits per heavy atom. The standard InChI is InChI=1S/C18H22N2OS/c1-14(2)16-10-6-7-11-17(16)19-18(22)20(12-13-21)15-8-4-3-5-9-15/h3-11,14,21H,12-13H2,1-2H3,(H,19,22). The fourth-order valence-electron chi connectivity index (χ4n) is 2.35. The number of para-hydroxylation sites is 2. The fourth-order valence-corrected chi connectivity index (χ4v) is 2.66. The molecule has 4 heteroatoms. The number of benzene rings is 2. The minimum atomic E-state index is 0.0442. The van der Waals surface area contributed by atoms with Crippen LogP contribution in [0.4, 0.5) is 11.4 Å². The lowest BCUT2D eigenvalue weighted by molar-refractivity contribution is 0.306. The lowest BCUT2D eigenvalue weighted by Gasteiger charge is -2.26. The number of thiocarbonyl (C=S) groups is 1. The smallest absolute Gasteiger partial charge is 0.178 e. The second kappa shape index (κ2) is 7.92. The lowest BCUT2D eigenvalue weighted by atomic mass is 10.0. The second-order valence-electron chi connectivity index (χ2n) is 5.38. The Labute approximate surface area is 137 Å². The summed E-state index contributed by atoms with van der Waals surface area (Å²) in [6.45, 7) is 4.82. The van der Waals surface area contributed by atoms with Crippen molar-refractivity contribution in [2.75, 3.05) is 23.4 Å². The van der Waals surface area contributed by atoms with Gasteiger partial charge in [-0.25, -0.2) is 0 Å². The molecule has 2 aromatic carbocycles. The number of nitrogens with zero attached hydrogens (tertiary/aromatic N) is 1. The van der Waals surface area contributed by atoms with E-state index in [2.05, 4.69) is 25.2 Å². The van der Waals surface area contributed by atoms with Crippen LogP contribution in [-0.4, -0.2) is 23.4 Å². The first-order valence-corrected chi connectivity index (χ1v) is 7.87. The molecule has 0 aliphatic heterocycles. The molecule has 0 aliphatic carbocycles. The Morgan fingerprint density at radius 3 is 2.36 bits per heavy atom. The summed E-state index contributed by atoms with van der Waals surface area (Å²) in [5, 5.41) is 13.2. The van der Waals surface area contributed by atoms with E-state index in [1.54, 1.807) is 0 Å². The minimum absolute atomic E-state index is 0.0442. The Hall–Kier alpha value is -1.91. The molecule has 2 N–H and O–H groups in total. The molecule has 0 saturated heterocycles. The molecule has 0 aromatic heterocycles. The normalized spacial score (nSPS) is 10.5. The molecular formula is C18H22N2OS. The summed E-state index contributed by atoms with van der Waals surface area (Å²) in [5.74, 6) is 0.412. The maximum atomic E-state index is 9.33. The van der Waals surface area contributed by atoms with Gasteiger partial charge in [-0.2, -0.15) is 0 Å². The lowest BCUT2D eigenvalue weighted by Crippen LogP contribution is -2.37. The van der Waals surface area contributed by atoms with Crippen molar-refractivity contribution in [1.82, 2.24) is 0 Å². The van der Waals surface area contributed by atoms with Crippen LogP contribution in [0.15, 0.2) is 54.6 Å². The Morgan fingerprint density at radius 1 is 1.09 bits per heavy atom. The van der Waals surface area contributed by atoms with Crippen molar-refractivity contribution in [3.63, 3.8) is 0 Å². The van der Waals surface area contributed by atoms with E-state index in [1.165, 1.54) is 5.56 Å². The average Bonchev–Trinajstić information content (AvgIpc) is 2.53. The zero-order valence-corrected chi connectivity index (χ0v) is 13.8. The van der Waals surface area contributed by atoms with Crippen molar-refractivity contribution in [3.05, 3.63) is 60.2 Å². The van der Waals surface area contributed by atoms with Crippen LogP contribution in [0.5, 0.6) is 0 Å². The monoisotopic (exact) mass is 314 g/mol. The maximum absolute atomic E-state index is 9.33. The number of aliphatic hydroxyl groups is 1. The van der Waals surface area contributed by atoms with Gasteiger partial charge < -0.3 is 15.3 Å². The number of nitrogens with one attached hydrogen (secondary N) is 1. The number of anilines is 2. The Bertz CT molecular complexity index is 613. The van der Waals surface area contributed by atoms with Crippen LogP contribution in [0.1, 0.15) is 25.3 Å². The quantitative estimate of drug-likeness (QED) is 0.818. The highest BCUT2D eigenvalue weighted by atomic mass is 32.1. The van der Waals surface area contributed by atoms with Gasteiger partial charge in [0.2, 0.25) is 0 Å². The summed E-state index contributed by atoms with van der Waals surface area (Å²) in [7, 11) is 0. The van der Waals surface area contributed by atoms with Crippen molar-refractivity contribution in [3.8, 4) is 0 Å². The van der Waals surface area contributed by atoms with Crippen LogP contribution in [0, 0.1) is 0 Å². The largest absolute Gasteiger partial charge is 0.395 e. The van der Waals surface area contributed by atoms with E-state index in [1.807, 2.05) is 53.4 Å². The van der Waals surface area contributed by atoms with Gasteiger partial charge >= 0.3 is 0 Å². The molecule has 0 atom stereocenters. The predicted octanol–water partition coefficient (Wildman–Crippen LogP) is 4.01. The first kappa shape index (κ1) is 16.5. The molecule has 0 bridgehead atoms. The fraction of sp³-hybridized carbons (Fsp3) is 0.278. The molecule has 0 radical (unpaired) electrons. The first-order chi connectivity index (χ1) is 10.6. The van der Waals surface area contributed by atoms with E-state index in [0.29, 0.717) is 17.6 Å². The highest BCUT2D eigenvalue weighted by Crippen LogP contribution is 2.24. The average molecular weight is 314 g/mol. The van der Waals surface area contributed by atoms with Crippen LogP contribution in [-0.2, 0) is 0 Å². The van der Waals surface area contributed by atoms with E-state index in [0.717, 1.165) is 11.4 Å². The zero-order valence-electron chi connectivity index (χ0n) is 13.0. The SMILES string of the molecule is CC(C)c1ccccc1NC(=S)N(CCO)c1ccccc1. The molecular weight excluding hydrogens is 292 g/mol. The summed E-state index contributed by atoms with van der Waals surface area (Å²) < 4.78 is 0. The number of hydrogen-bond acceptors (Lipinski definition) is 2. The van der Waals surface area contributed by atoms with Crippen molar-refractivity contribution < 1.29 is 5.11 Å². The Kier molecular flexibility index (Phi) is 5.92. The van der Waals surface area contributed by atoms with Gasteiger partial charge in [-0.1, -0.05) is 50.2 Å². The van der Waals surface area contributed by atoms with E-state index < -0.39 is 0 Å². The van der Waals surface area contributed by atoms with Crippen molar-refractivity contribution in [2.24, 2.45) is 0 Å². The summed E-state index contributed by atoms with van der Waals surface area (Å²) in [4.78, 5) is 1.91. The van der Waals surface area contributed by atoms with Crippen molar-refractivity contribution >= 4 is 28.7 Å². The molecule has 22 heavy (non-hydrogen) atoms. The summed E-state index contributed by atoms with van der Waals surface area (Å²) in [5.41, 5.74) is 3.21. The van der Waals surface area contributed by atoms with Gasteiger partial charge in [-0.3, -0.25) is 0 Å². The van der Waals surface area contributed by atoms with Crippen LogP contribution in [0.2, 0.25) is 0 Å². The molecule has 0 amide bonds. The van der Waals surface area contributed by atoms with Gasteiger partial charge in [-0.15, -0.1) is 0 Å². The number of hydrogen-bond donors (Lipinski definition) is 2. The second-order valence-corrected chi connectivity index (χ2v) is 5.77. The predicted molar refractivity (Wildman–Crippen MR) is 97.6 cm³/mol. The van der Waals surface area contributed by atoms with Gasteiger partial charge in [0.1, 0.15) is 0 Å². The van der Waals surface area contributed by atoms with Crippen molar-refractivity contribution in [1.29, 1.82) is 0 Å². The van der Waals surface area contributed by atoms with E-state index in [-0.39, 0.29) is 6.61 Å². The molecule has 0 spiro atoms. The topological polar surface area (TPSA) is 35.5 Å². The molecule has 0 aliphatic rings. The third-order valence-corrected chi connectivity index (χ3v) is 3.78. The summed E-state index contributed by atoms with van der Waals surface area (Å²) >= 11 is 5.55. The Balaban J connectivity index is 2.22. The van der Waals surface area contributed by atoms with Gasteiger partial charge in [0.25, 0.3) is 0 Å². The number of aliphatic hydroxyl groups excluding tert-OH is 1. The summed E-state index contributed by atoms with van der Waals surface area (Å²) in [6.07, 6.45) is 0. The summed E-state index contributed by atoms with van der Waals surface area (Å²) in [6, 6.07) is 18.0. The number of rotatable bonds is 5. The van der Waals surface area contributed by atoms with Crippen LogP contribution < -0.4 is 10.2 Å². The van der Waals surface area contributed by atoms with Gasteiger partial charge in [-0.05, 0) is 41.9 Å². The van der Waals surface area contributed by atoms with Gasteiger partial charge in [0.05, 0.1) is 6.61 Å². The third-order valence-electron chi connectivity index (χ3n) is 3.46. The molecule has 116 valence electrons. The molecule has 0 saturated carbocycles. The maximum Gasteiger partial charge on any atom is 0.178 e. The first-order valence-electron chi connectivity index (χ1n) is 7.47. The zero-order chi connectivity index (χ0) is 15.9. The molecule has 2 rings (SSSR count). The minimum Gasteiger partial charge on any atom is -0.395 e. The van der Waals surface area contributed by atoms with Crippen LogP contribution in [0.25, 0.3) is 0 Å².